The molecule has 0 spiro atoms. The molecule has 0 unspecified atom stereocenters. The van der Waals surface area contributed by atoms with Gasteiger partial charge >= 0.3 is 5.97 Å². The first-order valence-corrected chi connectivity index (χ1v) is 5.77. The number of rotatable bonds is 2. The van der Waals surface area contributed by atoms with Crippen molar-refractivity contribution >= 4 is 17.6 Å². The minimum Gasteiger partial charge on any atom is -0.478 e. The maximum Gasteiger partial charge on any atom is 0.336 e. The Morgan fingerprint density at radius 3 is 2.42 bits per heavy atom. The average molecular weight is 283 g/mol. The predicted molar refractivity (Wildman–Crippen MR) is 68.5 cm³/mol. The monoisotopic (exact) mass is 282 g/mol. The molecule has 2 nitrogen and oxygen atoms in total. The molecule has 0 heterocycles. The topological polar surface area (TPSA) is 37.3 Å². The quantitative estimate of drug-likeness (QED) is 0.892. The largest absolute Gasteiger partial charge is 0.478 e. The van der Waals surface area contributed by atoms with Crippen LogP contribution in [0.1, 0.15) is 15.9 Å². The summed E-state index contributed by atoms with van der Waals surface area (Å²) < 4.78 is 27.4. The zero-order chi connectivity index (χ0) is 14.2. The Hall–Kier alpha value is -1.94. The Morgan fingerprint density at radius 2 is 1.79 bits per heavy atom. The number of aryl methyl sites for hydroxylation is 1. The molecule has 0 radical (unpaired) electrons. The lowest BCUT2D eigenvalue weighted by Crippen LogP contribution is -2.01. The first-order chi connectivity index (χ1) is 8.90. The fourth-order valence-electron chi connectivity index (χ4n) is 1.78. The molecule has 0 saturated carbocycles. The van der Waals surface area contributed by atoms with E-state index in [1.54, 1.807) is 0 Å². The molecule has 2 rings (SSSR count). The van der Waals surface area contributed by atoms with Gasteiger partial charge in [-0.1, -0.05) is 17.7 Å². The summed E-state index contributed by atoms with van der Waals surface area (Å²) in [4.78, 5) is 11.1. The van der Waals surface area contributed by atoms with Gasteiger partial charge in [0.25, 0.3) is 0 Å². The Morgan fingerprint density at radius 1 is 1.11 bits per heavy atom. The first kappa shape index (κ1) is 13.5. The van der Waals surface area contributed by atoms with E-state index in [1.165, 1.54) is 25.1 Å². The third kappa shape index (κ3) is 2.58. The van der Waals surface area contributed by atoms with Crippen LogP contribution in [0.3, 0.4) is 0 Å². The fourth-order valence-corrected chi connectivity index (χ4v) is 1.95. The van der Waals surface area contributed by atoms with Crippen LogP contribution in [0, 0.1) is 18.6 Å². The minimum atomic E-state index is -1.25. The van der Waals surface area contributed by atoms with Gasteiger partial charge in [-0.25, -0.2) is 13.6 Å². The predicted octanol–water partition coefficient (Wildman–Crippen LogP) is 4.29. The second-order valence-electron chi connectivity index (χ2n) is 4.08. The molecule has 0 aliphatic carbocycles. The van der Waals surface area contributed by atoms with Crippen molar-refractivity contribution in [2.24, 2.45) is 0 Å². The molecule has 98 valence electrons. The van der Waals surface area contributed by atoms with E-state index >= 15 is 0 Å². The highest BCUT2D eigenvalue weighted by atomic mass is 35.5. The van der Waals surface area contributed by atoms with Crippen LogP contribution in [0.4, 0.5) is 8.78 Å². The van der Waals surface area contributed by atoms with Crippen LogP contribution in [0.2, 0.25) is 5.02 Å². The molecule has 2 aromatic carbocycles. The molecular weight excluding hydrogens is 274 g/mol. The van der Waals surface area contributed by atoms with Gasteiger partial charge in [-0.15, -0.1) is 0 Å². The van der Waals surface area contributed by atoms with Gasteiger partial charge in [0.05, 0.1) is 5.56 Å². The lowest BCUT2D eigenvalue weighted by atomic mass is 9.98. The number of benzene rings is 2. The number of carboxylic acids is 1. The lowest BCUT2D eigenvalue weighted by Gasteiger charge is -2.09. The summed E-state index contributed by atoms with van der Waals surface area (Å²) in [5.41, 5.74) is -0.0211. The van der Waals surface area contributed by atoms with Crippen LogP contribution < -0.4 is 0 Å². The van der Waals surface area contributed by atoms with Gasteiger partial charge < -0.3 is 5.11 Å². The molecule has 0 aliphatic rings. The van der Waals surface area contributed by atoms with Gasteiger partial charge in [-0.3, -0.25) is 0 Å². The number of carbonyl (C=O) groups is 1. The van der Waals surface area contributed by atoms with Crippen LogP contribution in [0.25, 0.3) is 11.1 Å². The second-order valence-corrected chi connectivity index (χ2v) is 4.51. The standard InChI is InChI=1S/C14H9ClF2O2/c1-7-4-13(17)10(6-12(7)16)9-3-2-8(15)5-11(9)14(18)19/h2-6H,1H3,(H,18,19). The Kier molecular flexibility index (Phi) is 3.53. The van der Waals surface area contributed by atoms with E-state index in [4.69, 9.17) is 16.7 Å². The molecule has 1 N–H and O–H groups in total. The fraction of sp³-hybridized carbons (Fsp3) is 0.0714. The summed E-state index contributed by atoms with van der Waals surface area (Å²) in [6.07, 6.45) is 0. The summed E-state index contributed by atoms with van der Waals surface area (Å²) >= 11 is 5.71. The van der Waals surface area contributed by atoms with Crippen molar-refractivity contribution in [2.45, 2.75) is 6.92 Å². The first-order valence-electron chi connectivity index (χ1n) is 5.39. The molecule has 2 aromatic rings. The smallest absolute Gasteiger partial charge is 0.336 e. The van der Waals surface area contributed by atoms with Gasteiger partial charge in [0.2, 0.25) is 0 Å². The Labute approximate surface area is 113 Å². The lowest BCUT2D eigenvalue weighted by molar-refractivity contribution is 0.0697. The third-order valence-corrected chi connectivity index (χ3v) is 2.99. The number of carboxylic acid groups (broad SMARTS) is 1. The molecular formula is C14H9ClF2O2. The average Bonchev–Trinajstić information content (AvgIpc) is 2.34. The van der Waals surface area contributed by atoms with Crippen LogP contribution in [-0.2, 0) is 0 Å². The summed E-state index contributed by atoms with van der Waals surface area (Å²) in [7, 11) is 0. The maximum atomic E-state index is 13.9. The summed E-state index contributed by atoms with van der Waals surface area (Å²) in [5, 5.41) is 9.31. The molecule has 19 heavy (non-hydrogen) atoms. The summed E-state index contributed by atoms with van der Waals surface area (Å²) in [6.45, 7) is 1.43. The van der Waals surface area contributed by atoms with Crippen LogP contribution in [0.5, 0.6) is 0 Å². The zero-order valence-electron chi connectivity index (χ0n) is 9.88. The van der Waals surface area contributed by atoms with E-state index in [0.717, 1.165) is 12.1 Å². The van der Waals surface area contributed by atoms with Crippen LogP contribution >= 0.6 is 11.6 Å². The van der Waals surface area contributed by atoms with Crippen LogP contribution in [0.15, 0.2) is 30.3 Å². The normalized spacial score (nSPS) is 10.5. The molecule has 0 fully saturated rings. The molecule has 0 amide bonds. The molecule has 5 heteroatoms. The van der Waals surface area contributed by atoms with Gasteiger partial charge in [0.1, 0.15) is 11.6 Å². The number of halogens is 3. The molecule has 0 aromatic heterocycles. The summed E-state index contributed by atoms with van der Waals surface area (Å²) in [5.74, 6) is -2.52. The van der Waals surface area contributed by atoms with Gasteiger partial charge in [0, 0.05) is 10.6 Å². The highest BCUT2D eigenvalue weighted by Gasteiger charge is 2.17. The van der Waals surface area contributed by atoms with Crippen molar-refractivity contribution in [3.63, 3.8) is 0 Å². The van der Waals surface area contributed by atoms with Crippen molar-refractivity contribution < 1.29 is 18.7 Å². The minimum absolute atomic E-state index is 0.0910. The van der Waals surface area contributed by atoms with E-state index in [9.17, 15) is 13.6 Å². The number of hydrogen-bond acceptors (Lipinski definition) is 1. The van der Waals surface area contributed by atoms with Gasteiger partial charge in [-0.2, -0.15) is 0 Å². The van der Waals surface area contributed by atoms with E-state index < -0.39 is 17.6 Å². The maximum absolute atomic E-state index is 13.9. The third-order valence-electron chi connectivity index (χ3n) is 2.75. The van der Waals surface area contributed by atoms with E-state index in [1.807, 2.05) is 0 Å². The van der Waals surface area contributed by atoms with Crippen molar-refractivity contribution in [3.8, 4) is 11.1 Å². The number of aromatic carboxylic acids is 1. The van der Waals surface area contributed by atoms with E-state index in [2.05, 4.69) is 0 Å². The Bertz CT molecular complexity index is 669. The molecule has 0 bridgehead atoms. The van der Waals surface area contributed by atoms with Crippen LogP contribution in [-0.4, -0.2) is 11.1 Å². The molecule has 0 saturated heterocycles. The van der Waals surface area contributed by atoms with Crippen molar-refractivity contribution in [1.82, 2.24) is 0 Å². The molecule has 0 aliphatic heterocycles. The second kappa shape index (κ2) is 4.97. The van der Waals surface area contributed by atoms with Crippen molar-refractivity contribution in [1.29, 1.82) is 0 Å². The van der Waals surface area contributed by atoms with Gasteiger partial charge in [-0.05, 0) is 42.3 Å². The molecule has 0 atom stereocenters. The van der Waals surface area contributed by atoms with Crippen molar-refractivity contribution in [2.75, 3.05) is 0 Å². The SMILES string of the molecule is Cc1cc(F)c(-c2ccc(Cl)cc2C(=O)O)cc1F. The van der Waals surface area contributed by atoms with Crippen molar-refractivity contribution in [3.05, 3.63) is 58.1 Å². The van der Waals surface area contributed by atoms with E-state index in [-0.39, 0.29) is 27.3 Å². The highest BCUT2D eigenvalue weighted by molar-refractivity contribution is 6.31. The highest BCUT2D eigenvalue weighted by Crippen LogP contribution is 2.30. The van der Waals surface area contributed by atoms with Gasteiger partial charge in [0.15, 0.2) is 0 Å². The Balaban J connectivity index is 2.72. The number of hydrogen-bond donors (Lipinski definition) is 1. The van der Waals surface area contributed by atoms with E-state index in [0.29, 0.717) is 0 Å². The zero-order valence-corrected chi connectivity index (χ0v) is 10.6. The summed E-state index contributed by atoms with van der Waals surface area (Å²) in [6, 6.07) is 6.02.